The van der Waals surface area contributed by atoms with Gasteiger partial charge in [-0.2, -0.15) is 0 Å². The van der Waals surface area contributed by atoms with Crippen LogP contribution in [0.1, 0.15) is 12.8 Å². The highest BCUT2D eigenvalue weighted by Crippen LogP contribution is 2.24. The van der Waals surface area contributed by atoms with Crippen molar-refractivity contribution in [1.82, 2.24) is 5.32 Å². The molecule has 1 aliphatic rings. The molecular formula is C14H17NO6. The van der Waals surface area contributed by atoms with Crippen LogP contribution in [0.4, 0.5) is 0 Å². The predicted molar refractivity (Wildman–Crippen MR) is 72.1 cm³/mol. The molecule has 21 heavy (non-hydrogen) atoms. The number of para-hydroxylation sites is 2. The third-order valence-corrected chi connectivity index (χ3v) is 3.13. The fourth-order valence-electron chi connectivity index (χ4n) is 2.04. The molecule has 2 rings (SSSR count). The van der Waals surface area contributed by atoms with E-state index in [1.165, 1.54) is 6.07 Å². The average Bonchev–Trinajstić information content (AvgIpc) is 2.93. The van der Waals surface area contributed by atoms with Gasteiger partial charge in [0.1, 0.15) is 0 Å². The van der Waals surface area contributed by atoms with Gasteiger partial charge in [-0.3, -0.25) is 4.79 Å². The molecule has 0 aromatic heterocycles. The molecule has 3 N–H and O–H groups in total. The number of carboxylic acids is 1. The molecule has 2 atom stereocenters. The van der Waals surface area contributed by atoms with E-state index in [1.54, 1.807) is 18.2 Å². The number of phenolic OH excluding ortho intramolecular Hbond substituents is 1. The molecule has 114 valence electrons. The van der Waals surface area contributed by atoms with Gasteiger partial charge in [0, 0.05) is 6.54 Å². The summed E-state index contributed by atoms with van der Waals surface area (Å²) in [4.78, 5) is 22.3. The fraction of sp³-hybridized carbons (Fsp3) is 0.429. The molecule has 0 radical (unpaired) electrons. The maximum atomic E-state index is 11.6. The zero-order valence-electron chi connectivity index (χ0n) is 11.3. The van der Waals surface area contributed by atoms with Crippen molar-refractivity contribution in [2.75, 3.05) is 13.2 Å². The van der Waals surface area contributed by atoms with E-state index in [1.807, 2.05) is 0 Å². The van der Waals surface area contributed by atoms with Crippen LogP contribution >= 0.6 is 0 Å². The van der Waals surface area contributed by atoms with Crippen LogP contribution in [0.5, 0.6) is 11.5 Å². The zero-order valence-corrected chi connectivity index (χ0v) is 11.3. The molecule has 7 heteroatoms. The second-order valence-corrected chi connectivity index (χ2v) is 4.72. The highest BCUT2D eigenvalue weighted by molar-refractivity contribution is 5.77. The lowest BCUT2D eigenvalue weighted by atomic mass is 10.2. The van der Waals surface area contributed by atoms with E-state index in [0.717, 1.165) is 0 Å². The van der Waals surface area contributed by atoms with Crippen LogP contribution in [-0.4, -0.2) is 47.4 Å². The Hall–Kier alpha value is -2.28. The summed E-state index contributed by atoms with van der Waals surface area (Å²) in [5.41, 5.74) is 0. The van der Waals surface area contributed by atoms with Crippen LogP contribution in [0.3, 0.4) is 0 Å². The molecule has 1 fully saturated rings. The van der Waals surface area contributed by atoms with Gasteiger partial charge >= 0.3 is 5.97 Å². The topological polar surface area (TPSA) is 105 Å². The maximum absolute atomic E-state index is 11.6. The second-order valence-electron chi connectivity index (χ2n) is 4.72. The molecule has 1 aromatic rings. The number of phenols is 1. The summed E-state index contributed by atoms with van der Waals surface area (Å²) < 4.78 is 10.4. The average molecular weight is 295 g/mol. The molecular weight excluding hydrogens is 278 g/mol. The monoisotopic (exact) mass is 295 g/mol. The Labute approximate surface area is 121 Å². The number of hydrogen-bond donors (Lipinski definition) is 3. The van der Waals surface area contributed by atoms with E-state index >= 15 is 0 Å². The van der Waals surface area contributed by atoms with Gasteiger partial charge in [0.25, 0.3) is 5.91 Å². The van der Waals surface area contributed by atoms with E-state index in [9.17, 15) is 14.7 Å². The third-order valence-electron chi connectivity index (χ3n) is 3.13. The van der Waals surface area contributed by atoms with Gasteiger partial charge in [-0.05, 0) is 25.0 Å². The lowest BCUT2D eigenvalue weighted by Gasteiger charge is -2.13. The highest BCUT2D eigenvalue weighted by Gasteiger charge is 2.30. The molecule has 0 aliphatic carbocycles. The van der Waals surface area contributed by atoms with Gasteiger partial charge in [0.2, 0.25) is 0 Å². The molecule has 1 amide bonds. The Morgan fingerprint density at radius 3 is 2.76 bits per heavy atom. The van der Waals surface area contributed by atoms with Crippen LogP contribution in [0.25, 0.3) is 0 Å². The first-order valence-corrected chi connectivity index (χ1v) is 6.62. The summed E-state index contributed by atoms with van der Waals surface area (Å²) in [6.07, 6.45) is -0.0356. The van der Waals surface area contributed by atoms with Crippen molar-refractivity contribution in [3.63, 3.8) is 0 Å². The van der Waals surface area contributed by atoms with Gasteiger partial charge in [0.15, 0.2) is 24.2 Å². The number of nitrogens with one attached hydrogen (secondary N) is 1. The molecule has 1 heterocycles. The molecule has 1 saturated heterocycles. The first-order chi connectivity index (χ1) is 10.1. The number of carboxylic acid groups (broad SMARTS) is 1. The number of aromatic hydroxyl groups is 1. The normalized spacial score (nSPS) is 21.0. The maximum Gasteiger partial charge on any atom is 0.332 e. The lowest BCUT2D eigenvalue weighted by Crippen LogP contribution is -2.35. The minimum atomic E-state index is -0.980. The van der Waals surface area contributed by atoms with E-state index in [2.05, 4.69) is 5.32 Å². The molecule has 1 aromatic carbocycles. The van der Waals surface area contributed by atoms with Crippen molar-refractivity contribution in [2.24, 2.45) is 0 Å². The number of hydrogen-bond acceptors (Lipinski definition) is 5. The minimum absolute atomic E-state index is 0.0336. The first kappa shape index (κ1) is 15.1. The third kappa shape index (κ3) is 4.35. The summed E-state index contributed by atoms with van der Waals surface area (Å²) in [5.74, 6) is -1.14. The summed E-state index contributed by atoms with van der Waals surface area (Å²) in [7, 11) is 0. The second kappa shape index (κ2) is 6.94. The Bertz CT molecular complexity index is 518. The molecule has 0 saturated carbocycles. The largest absolute Gasteiger partial charge is 0.504 e. The van der Waals surface area contributed by atoms with Gasteiger partial charge in [-0.25, -0.2) is 4.79 Å². The van der Waals surface area contributed by atoms with Gasteiger partial charge in [0.05, 0.1) is 6.10 Å². The van der Waals surface area contributed by atoms with E-state index in [0.29, 0.717) is 12.8 Å². The summed E-state index contributed by atoms with van der Waals surface area (Å²) in [6, 6.07) is 6.36. The first-order valence-electron chi connectivity index (χ1n) is 6.62. The number of rotatable bonds is 6. The van der Waals surface area contributed by atoms with Gasteiger partial charge in [-0.1, -0.05) is 12.1 Å². The van der Waals surface area contributed by atoms with E-state index < -0.39 is 12.1 Å². The summed E-state index contributed by atoms with van der Waals surface area (Å²) in [5, 5.41) is 20.9. The SMILES string of the molecule is O=C(COc1ccccc1O)NCC1CCC(C(=O)O)O1. The predicted octanol–water partition coefficient (Wildman–Crippen LogP) is 0.519. The van der Waals surface area contributed by atoms with Crippen molar-refractivity contribution in [1.29, 1.82) is 0 Å². The number of ether oxygens (including phenoxy) is 2. The van der Waals surface area contributed by atoms with Crippen molar-refractivity contribution < 1.29 is 29.3 Å². The Morgan fingerprint density at radius 2 is 2.10 bits per heavy atom. The van der Waals surface area contributed by atoms with Crippen molar-refractivity contribution in [3.05, 3.63) is 24.3 Å². The molecule has 0 spiro atoms. The fourth-order valence-corrected chi connectivity index (χ4v) is 2.04. The van der Waals surface area contributed by atoms with Crippen LogP contribution in [0.2, 0.25) is 0 Å². The number of amides is 1. The number of carbonyl (C=O) groups is 2. The summed E-state index contributed by atoms with van der Waals surface area (Å²) >= 11 is 0. The highest BCUT2D eigenvalue weighted by atomic mass is 16.5. The molecule has 2 unspecified atom stereocenters. The smallest absolute Gasteiger partial charge is 0.332 e. The van der Waals surface area contributed by atoms with Crippen LogP contribution in [-0.2, 0) is 14.3 Å². The van der Waals surface area contributed by atoms with Crippen molar-refractivity contribution >= 4 is 11.9 Å². The quantitative estimate of drug-likeness (QED) is 0.706. The Kier molecular flexibility index (Phi) is 4.99. The van der Waals surface area contributed by atoms with Crippen molar-refractivity contribution in [2.45, 2.75) is 25.0 Å². The number of aliphatic carboxylic acids is 1. The van der Waals surface area contributed by atoms with E-state index in [-0.39, 0.29) is 36.7 Å². The van der Waals surface area contributed by atoms with Crippen LogP contribution in [0, 0.1) is 0 Å². The Morgan fingerprint density at radius 1 is 1.33 bits per heavy atom. The molecule has 0 bridgehead atoms. The standard InChI is InChI=1S/C14H17NO6/c16-10-3-1-2-4-11(10)20-8-13(17)15-7-9-5-6-12(21-9)14(18)19/h1-4,9,12,16H,5-8H2,(H,15,17)(H,18,19). The summed E-state index contributed by atoms with van der Waals surface area (Å²) in [6.45, 7) is 0.0133. The molecule has 7 nitrogen and oxygen atoms in total. The molecule has 1 aliphatic heterocycles. The van der Waals surface area contributed by atoms with Gasteiger partial charge < -0.3 is 25.0 Å². The number of benzene rings is 1. The van der Waals surface area contributed by atoms with Gasteiger partial charge in [-0.15, -0.1) is 0 Å². The zero-order chi connectivity index (χ0) is 15.2. The van der Waals surface area contributed by atoms with Crippen molar-refractivity contribution in [3.8, 4) is 11.5 Å². The lowest BCUT2D eigenvalue weighted by molar-refractivity contribution is -0.149. The minimum Gasteiger partial charge on any atom is -0.504 e. The van der Waals surface area contributed by atoms with E-state index in [4.69, 9.17) is 14.6 Å². The Balaban J connectivity index is 1.69. The van der Waals surface area contributed by atoms with Crippen LogP contribution in [0.15, 0.2) is 24.3 Å². The van der Waals surface area contributed by atoms with Crippen LogP contribution < -0.4 is 10.1 Å². The number of carbonyl (C=O) groups excluding carboxylic acids is 1.